The summed E-state index contributed by atoms with van der Waals surface area (Å²) in [6.07, 6.45) is 4.53. The number of hydrogen-bond donors (Lipinski definition) is 0. The smallest absolute Gasteiger partial charge is 0.224 e. The highest BCUT2D eigenvalue weighted by atomic mass is 16.2. The second kappa shape index (κ2) is 6.96. The van der Waals surface area contributed by atoms with Gasteiger partial charge in [-0.3, -0.25) is 14.4 Å². The lowest BCUT2D eigenvalue weighted by Crippen LogP contribution is -2.32. The van der Waals surface area contributed by atoms with Crippen molar-refractivity contribution in [2.75, 3.05) is 19.6 Å². The predicted molar refractivity (Wildman–Crippen MR) is 89.7 cm³/mol. The molecule has 5 nitrogen and oxygen atoms in total. The Hall–Kier alpha value is -2.14. The van der Waals surface area contributed by atoms with Crippen molar-refractivity contribution in [3.63, 3.8) is 0 Å². The van der Waals surface area contributed by atoms with Crippen molar-refractivity contribution in [2.24, 2.45) is 7.05 Å². The number of amides is 1. The third-order valence-electron chi connectivity index (χ3n) is 4.47. The minimum Gasteiger partial charge on any atom is -0.337 e. The molecule has 0 bridgehead atoms. The monoisotopic (exact) mass is 312 g/mol. The van der Waals surface area contributed by atoms with Crippen molar-refractivity contribution in [1.82, 2.24) is 19.6 Å². The number of carbonyl (C=O) groups is 1. The van der Waals surface area contributed by atoms with Crippen LogP contribution in [0.25, 0.3) is 0 Å². The molecule has 0 unspecified atom stereocenters. The van der Waals surface area contributed by atoms with Gasteiger partial charge in [-0.2, -0.15) is 5.10 Å². The Morgan fingerprint density at radius 1 is 1.13 bits per heavy atom. The Morgan fingerprint density at radius 2 is 1.96 bits per heavy atom. The van der Waals surface area contributed by atoms with E-state index in [9.17, 15) is 4.79 Å². The van der Waals surface area contributed by atoms with Gasteiger partial charge in [0.15, 0.2) is 0 Å². The standard InChI is InChI=1S/C18H24N4O/c1-15-5-3-4-6-17(15)14-22-10-9-21(8-7-18(22)23)13-16-11-19-20(2)12-16/h3-6,11-12H,7-10,13-14H2,1-2H3. The van der Waals surface area contributed by atoms with Gasteiger partial charge in [0, 0.05) is 58.0 Å². The molecule has 1 fully saturated rings. The van der Waals surface area contributed by atoms with E-state index in [1.807, 2.05) is 41.2 Å². The molecule has 23 heavy (non-hydrogen) atoms. The second-order valence-corrected chi connectivity index (χ2v) is 6.29. The molecule has 3 rings (SSSR count). The molecule has 0 aliphatic carbocycles. The molecule has 0 radical (unpaired) electrons. The molecule has 0 N–H and O–H groups in total. The van der Waals surface area contributed by atoms with Crippen LogP contribution in [0.4, 0.5) is 0 Å². The lowest BCUT2D eigenvalue weighted by Gasteiger charge is -2.22. The van der Waals surface area contributed by atoms with Crippen LogP contribution in [0.1, 0.15) is 23.1 Å². The SMILES string of the molecule is Cc1ccccc1CN1CCN(Cc2cnn(C)c2)CCC1=O. The summed E-state index contributed by atoms with van der Waals surface area (Å²) in [5.74, 6) is 0.252. The zero-order valence-corrected chi connectivity index (χ0v) is 13.9. The van der Waals surface area contributed by atoms with Crippen LogP contribution < -0.4 is 0 Å². The van der Waals surface area contributed by atoms with Crippen LogP contribution in [-0.4, -0.2) is 45.1 Å². The summed E-state index contributed by atoms with van der Waals surface area (Å²) in [4.78, 5) is 16.7. The number of aryl methyl sites for hydroxylation is 2. The minimum absolute atomic E-state index is 0.252. The van der Waals surface area contributed by atoms with Crippen molar-refractivity contribution < 1.29 is 4.79 Å². The number of aromatic nitrogens is 2. The fourth-order valence-electron chi connectivity index (χ4n) is 3.04. The number of carbonyl (C=O) groups excluding carboxylic acids is 1. The molecule has 0 atom stereocenters. The molecule has 0 saturated carbocycles. The number of nitrogens with zero attached hydrogens (tertiary/aromatic N) is 4. The van der Waals surface area contributed by atoms with E-state index in [0.717, 1.165) is 26.2 Å². The van der Waals surface area contributed by atoms with Crippen molar-refractivity contribution in [3.8, 4) is 0 Å². The maximum absolute atomic E-state index is 12.4. The van der Waals surface area contributed by atoms with Crippen LogP contribution in [0.2, 0.25) is 0 Å². The van der Waals surface area contributed by atoms with Crippen molar-refractivity contribution in [1.29, 1.82) is 0 Å². The van der Waals surface area contributed by atoms with Crippen LogP contribution >= 0.6 is 0 Å². The van der Waals surface area contributed by atoms with Gasteiger partial charge in [-0.05, 0) is 18.1 Å². The van der Waals surface area contributed by atoms with Gasteiger partial charge in [0.25, 0.3) is 0 Å². The Morgan fingerprint density at radius 3 is 2.70 bits per heavy atom. The van der Waals surface area contributed by atoms with Gasteiger partial charge in [0.05, 0.1) is 6.20 Å². The van der Waals surface area contributed by atoms with E-state index in [2.05, 4.69) is 29.1 Å². The highest BCUT2D eigenvalue weighted by Crippen LogP contribution is 2.14. The summed E-state index contributed by atoms with van der Waals surface area (Å²) in [7, 11) is 1.93. The number of rotatable bonds is 4. The van der Waals surface area contributed by atoms with Crippen LogP contribution in [0, 0.1) is 6.92 Å². The van der Waals surface area contributed by atoms with Crippen molar-refractivity contribution in [3.05, 3.63) is 53.3 Å². The molecular formula is C18H24N4O. The van der Waals surface area contributed by atoms with E-state index in [4.69, 9.17) is 0 Å². The Balaban J connectivity index is 1.62. The summed E-state index contributed by atoms with van der Waals surface area (Å²) in [5.41, 5.74) is 3.69. The zero-order chi connectivity index (χ0) is 16.2. The first-order valence-electron chi connectivity index (χ1n) is 8.14. The maximum atomic E-state index is 12.4. The molecule has 5 heteroatoms. The molecule has 122 valence electrons. The molecule has 1 aliphatic rings. The molecule has 0 spiro atoms. The summed E-state index contributed by atoms with van der Waals surface area (Å²) in [5, 5.41) is 4.21. The third kappa shape index (κ3) is 3.99. The van der Waals surface area contributed by atoms with Gasteiger partial charge in [-0.25, -0.2) is 0 Å². The fraction of sp³-hybridized carbons (Fsp3) is 0.444. The van der Waals surface area contributed by atoms with E-state index in [-0.39, 0.29) is 5.91 Å². The Kier molecular flexibility index (Phi) is 4.76. The third-order valence-corrected chi connectivity index (χ3v) is 4.47. The molecular weight excluding hydrogens is 288 g/mol. The summed E-state index contributed by atoms with van der Waals surface area (Å²) in [6, 6.07) is 8.30. The highest BCUT2D eigenvalue weighted by molar-refractivity contribution is 5.76. The van der Waals surface area contributed by atoms with Crippen LogP contribution in [-0.2, 0) is 24.9 Å². The summed E-state index contributed by atoms with van der Waals surface area (Å²) in [6.45, 7) is 6.19. The van der Waals surface area contributed by atoms with Gasteiger partial charge in [0.1, 0.15) is 0 Å². The largest absolute Gasteiger partial charge is 0.337 e. The number of benzene rings is 1. The van der Waals surface area contributed by atoms with Crippen molar-refractivity contribution in [2.45, 2.75) is 26.4 Å². The summed E-state index contributed by atoms with van der Waals surface area (Å²) < 4.78 is 1.82. The van der Waals surface area contributed by atoms with Gasteiger partial charge in [-0.1, -0.05) is 24.3 Å². The summed E-state index contributed by atoms with van der Waals surface area (Å²) >= 11 is 0. The van der Waals surface area contributed by atoms with E-state index >= 15 is 0 Å². The normalized spacial score (nSPS) is 16.6. The van der Waals surface area contributed by atoms with E-state index < -0.39 is 0 Å². The first kappa shape index (κ1) is 15.7. The van der Waals surface area contributed by atoms with Gasteiger partial charge >= 0.3 is 0 Å². The second-order valence-electron chi connectivity index (χ2n) is 6.29. The lowest BCUT2D eigenvalue weighted by atomic mass is 10.1. The topological polar surface area (TPSA) is 41.4 Å². The predicted octanol–water partition coefficient (Wildman–Crippen LogP) is 1.96. The van der Waals surface area contributed by atoms with E-state index in [1.165, 1.54) is 16.7 Å². The first-order valence-corrected chi connectivity index (χ1v) is 8.14. The molecule has 2 aromatic rings. The maximum Gasteiger partial charge on any atom is 0.224 e. The van der Waals surface area contributed by atoms with Crippen molar-refractivity contribution >= 4 is 5.91 Å². The first-order chi connectivity index (χ1) is 11.1. The van der Waals surface area contributed by atoms with Crippen LogP contribution in [0.15, 0.2) is 36.7 Å². The minimum atomic E-state index is 0.252. The molecule has 1 aliphatic heterocycles. The fourth-order valence-corrected chi connectivity index (χ4v) is 3.04. The van der Waals surface area contributed by atoms with Gasteiger partial charge < -0.3 is 4.90 Å². The Labute approximate surface area is 137 Å². The molecule has 1 amide bonds. The average Bonchev–Trinajstić information content (AvgIpc) is 2.86. The highest BCUT2D eigenvalue weighted by Gasteiger charge is 2.21. The number of hydrogen-bond acceptors (Lipinski definition) is 3. The van der Waals surface area contributed by atoms with Crippen LogP contribution in [0.3, 0.4) is 0 Å². The van der Waals surface area contributed by atoms with Gasteiger partial charge in [0.2, 0.25) is 5.91 Å². The molecule has 1 saturated heterocycles. The molecule has 2 heterocycles. The quantitative estimate of drug-likeness (QED) is 0.867. The van der Waals surface area contributed by atoms with Gasteiger partial charge in [-0.15, -0.1) is 0 Å². The van der Waals surface area contributed by atoms with Crippen LogP contribution in [0.5, 0.6) is 0 Å². The van der Waals surface area contributed by atoms with E-state index in [1.54, 1.807) is 0 Å². The zero-order valence-electron chi connectivity index (χ0n) is 13.9. The lowest BCUT2D eigenvalue weighted by molar-refractivity contribution is -0.130. The molecule has 1 aromatic carbocycles. The average molecular weight is 312 g/mol. The van der Waals surface area contributed by atoms with E-state index in [0.29, 0.717) is 13.0 Å². The Bertz CT molecular complexity index is 679. The molecule has 1 aromatic heterocycles.